The fourth-order valence-electron chi connectivity index (χ4n) is 1.55. The first kappa shape index (κ1) is 13.5. The van der Waals surface area contributed by atoms with Crippen LogP contribution in [0.4, 0.5) is 10.1 Å². The van der Waals surface area contributed by atoms with E-state index in [1.165, 1.54) is 35.3 Å². The van der Waals surface area contributed by atoms with E-state index in [-0.39, 0.29) is 22.7 Å². The summed E-state index contributed by atoms with van der Waals surface area (Å²) in [6.45, 7) is -0.00566. The average Bonchev–Trinajstić information content (AvgIpc) is 2.79. The topological polar surface area (TPSA) is 90.0 Å². The lowest BCUT2D eigenvalue weighted by molar-refractivity contribution is 0.600. The molecular formula is C11H13FN4O2S. The van der Waals surface area contributed by atoms with Gasteiger partial charge in [-0.1, -0.05) is 0 Å². The molecule has 0 aliphatic rings. The first-order valence-corrected chi connectivity index (χ1v) is 6.90. The number of hydrogen-bond acceptors (Lipinski definition) is 4. The third kappa shape index (κ3) is 2.91. The molecule has 8 heteroatoms. The van der Waals surface area contributed by atoms with Gasteiger partial charge in [0.1, 0.15) is 10.7 Å². The highest BCUT2D eigenvalue weighted by atomic mass is 32.2. The van der Waals surface area contributed by atoms with Crippen molar-refractivity contribution in [1.82, 2.24) is 9.78 Å². The van der Waals surface area contributed by atoms with E-state index < -0.39 is 15.8 Å². The molecule has 1 aromatic carbocycles. The normalized spacial score (nSPS) is 11.5. The molecule has 2 rings (SSSR count). The van der Waals surface area contributed by atoms with Gasteiger partial charge in [0.25, 0.3) is 10.0 Å². The van der Waals surface area contributed by atoms with Gasteiger partial charge in [0.15, 0.2) is 0 Å². The van der Waals surface area contributed by atoms with Gasteiger partial charge in [0.2, 0.25) is 0 Å². The second-order valence-electron chi connectivity index (χ2n) is 3.97. The van der Waals surface area contributed by atoms with E-state index in [9.17, 15) is 12.8 Å². The smallest absolute Gasteiger partial charge is 0.265 e. The third-order valence-electron chi connectivity index (χ3n) is 2.51. The number of anilines is 1. The number of benzene rings is 1. The summed E-state index contributed by atoms with van der Waals surface area (Å²) in [4.78, 5) is 0.0358. The van der Waals surface area contributed by atoms with Crippen LogP contribution in [-0.4, -0.2) is 18.2 Å². The van der Waals surface area contributed by atoms with Crippen LogP contribution in [0, 0.1) is 5.82 Å². The third-order valence-corrected chi connectivity index (χ3v) is 3.85. The van der Waals surface area contributed by atoms with Crippen molar-refractivity contribution in [1.29, 1.82) is 0 Å². The monoisotopic (exact) mass is 284 g/mol. The van der Waals surface area contributed by atoms with E-state index in [1.54, 1.807) is 7.05 Å². The Morgan fingerprint density at radius 3 is 2.79 bits per heavy atom. The zero-order valence-electron chi connectivity index (χ0n) is 10.2. The van der Waals surface area contributed by atoms with E-state index in [0.717, 1.165) is 0 Å². The molecule has 1 aromatic heterocycles. The molecule has 0 radical (unpaired) electrons. The number of aryl methyl sites for hydroxylation is 1. The molecule has 0 atom stereocenters. The lowest BCUT2D eigenvalue weighted by Crippen LogP contribution is -2.13. The molecule has 6 nitrogen and oxygen atoms in total. The quantitative estimate of drug-likeness (QED) is 0.869. The van der Waals surface area contributed by atoms with E-state index in [1.807, 2.05) is 0 Å². The van der Waals surface area contributed by atoms with Gasteiger partial charge in [0, 0.05) is 31.0 Å². The van der Waals surface area contributed by atoms with Crippen molar-refractivity contribution in [3.05, 3.63) is 42.0 Å². The van der Waals surface area contributed by atoms with Crippen LogP contribution in [-0.2, 0) is 23.6 Å². The summed E-state index contributed by atoms with van der Waals surface area (Å²) in [5.74, 6) is -0.466. The number of hydrogen-bond donors (Lipinski definition) is 2. The summed E-state index contributed by atoms with van der Waals surface area (Å²) in [5, 5.41) is 3.79. The van der Waals surface area contributed by atoms with Gasteiger partial charge in [-0.3, -0.25) is 9.40 Å². The van der Waals surface area contributed by atoms with E-state index in [0.29, 0.717) is 0 Å². The van der Waals surface area contributed by atoms with E-state index in [4.69, 9.17) is 5.73 Å². The van der Waals surface area contributed by atoms with Crippen LogP contribution in [0.15, 0.2) is 35.5 Å². The Kier molecular flexibility index (Phi) is 3.54. The Labute approximate surface area is 110 Å². The lowest BCUT2D eigenvalue weighted by Gasteiger charge is -2.08. The summed E-state index contributed by atoms with van der Waals surface area (Å²) >= 11 is 0. The fraction of sp³-hybridized carbons (Fsp3) is 0.182. The minimum Gasteiger partial charge on any atom is -0.326 e. The van der Waals surface area contributed by atoms with Crippen molar-refractivity contribution in [2.45, 2.75) is 11.4 Å². The fourth-order valence-corrected chi connectivity index (χ4v) is 2.58. The van der Waals surface area contributed by atoms with Gasteiger partial charge < -0.3 is 5.73 Å². The van der Waals surface area contributed by atoms with Crippen LogP contribution >= 0.6 is 0 Å². The Balaban J connectivity index is 2.30. The Morgan fingerprint density at radius 2 is 2.21 bits per heavy atom. The SMILES string of the molecule is Cn1cc(S(=O)(=O)Nc2ccc(F)c(CN)c2)cn1. The largest absolute Gasteiger partial charge is 0.326 e. The van der Waals surface area contributed by atoms with E-state index in [2.05, 4.69) is 9.82 Å². The molecule has 3 N–H and O–H groups in total. The molecule has 102 valence electrons. The number of halogens is 1. The molecule has 0 bridgehead atoms. The van der Waals surface area contributed by atoms with Gasteiger partial charge >= 0.3 is 0 Å². The summed E-state index contributed by atoms with van der Waals surface area (Å²) in [6, 6.07) is 3.87. The summed E-state index contributed by atoms with van der Waals surface area (Å²) in [7, 11) is -2.11. The number of rotatable bonds is 4. The molecule has 0 saturated heterocycles. The van der Waals surface area contributed by atoms with Crippen LogP contribution < -0.4 is 10.5 Å². The Hall–Kier alpha value is -1.93. The number of nitrogens with one attached hydrogen (secondary N) is 1. The van der Waals surface area contributed by atoms with Crippen molar-refractivity contribution >= 4 is 15.7 Å². The zero-order valence-corrected chi connectivity index (χ0v) is 11.0. The van der Waals surface area contributed by atoms with Crippen molar-refractivity contribution < 1.29 is 12.8 Å². The van der Waals surface area contributed by atoms with Crippen LogP contribution in [0.5, 0.6) is 0 Å². The highest BCUT2D eigenvalue weighted by Gasteiger charge is 2.16. The highest BCUT2D eigenvalue weighted by molar-refractivity contribution is 7.92. The molecule has 1 heterocycles. The van der Waals surface area contributed by atoms with Crippen molar-refractivity contribution in [3.63, 3.8) is 0 Å². The maximum atomic E-state index is 13.3. The molecule has 0 aliphatic heterocycles. The van der Waals surface area contributed by atoms with E-state index >= 15 is 0 Å². The van der Waals surface area contributed by atoms with Gasteiger partial charge in [-0.15, -0.1) is 0 Å². The molecule has 2 aromatic rings. The second kappa shape index (κ2) is 4.98. The van der Waals surface area contributed by atoms with Crippen LogP contribution in [0.2, 0.25) is 0 Å². The molecule has 0 spiro atoms. The van der Waals surface area contributed by atoms with Gasteiger partial charge in [-0.2, -0.15) is 5.10 Å². The Bertz CT molecular complexity index is 696. The first-order valence-electron chi connectivity index (χ1n) is 5.42. The molecular weight excluding hydrogens is 271 g/mol. The summed E-state index contributed by atoms with van der Waals surface area (Å²) in [5.41, 5.74) is 5.86. The van der Waals surface area contributed by atoms with Crippen molar-refractivity contribution in [2.75, 3.05) is 4.72 Å². The molecule has 0 saturated carbocycles. The molecule has 0 amide bonds. The summed E-state index contributed by atoms with van der Waals surface area (Å²) in [6.07, 6.45) is 2.60. The summed E-state index contributed by atoms with van der Waals surface area (Å²) < 4.78 is 41.0. The predicted molar refractivity (Wildman–Crippen MR) is 68.3 cm³/mol. The van der Waals surface area contributed by atoms with Crippen LogP contribution in [0.25, 0.3) is 0 Å². The molecule has 0 fully saturated rings. The number of aromatic nitrogens is 2. The van der Waals surface area contributed by atoms with Gasteiger partial charge in [0.05, 0.1) is 6.20 Å². The predicted octanol–water partition coefficient (Wildman–Crippen LogP) is 0.819. The zero-order chi connectivity index (χ0) is 14.0. The van der Waals surface area contributed by atoms with Crippen molar-refractivity contribution in [2.24, 2.45) is 12.8 Å². The number of sulfonamides is 1. The standard InChI is InChI=1S/C11H13FN4O2S/c1-16-7-10(6-14-16)19(17,18)15-9-2-3-11(12)8(4-9)5-13/h2-4,6-7,15H,5,13H2,1H3. The Morgan fingerprint density at radius 1 is 1.47 bits per heavy atom. The maximum absolute atomic E-state index is 13.3. The van der Waals surface area contributed by atoms with Gasteiger partial charge in [-0.25, -0.2) is 12.8 Å². The van der Waals surface area contributed by atoms with Crippen LogP contribution in [0.3, 0.4) is 0 Å². The average molecular weight is 284 g/mol. The number of nitrogens with two attached hydrogens (primary N) is 1. The van der Waals surface area contributed by atoms with Crippen molar-refractivity contribution in [3.8, 4) is 0 Å². The molecule has 19 heavy (non-hydrogen) atoms. The lowest BCUT2D eigenvalue weighted by atomic mass is 10.2. The minimum absolute atomic E-state index is 0.00566. The van der Waals surface area contributed by atoms with Gasteiger partial charge in [-0.05, 0) is 18.2 Å². The minimum atomic E-state index is -3.73. The number of nitrogens with zero attached hydrogens (tertiary/aromatic N) is 2. The molecule has 0 unspecified atom stereocenters. The maximum Gasteiger partial charge on any atom is 0.265 e. The first-order chi connectivity index (χ1) is 8.92. The van der Waals surface area contributed by atoms with Crippen LogP contribution in [0.1, 0.15) is 5.56 Å². The second-order valence-corrected chi connectivity index (χ2v) is 5.65. The highest BCUT2D eigenvalue weighted by Crippen LogP contribution is 2.18. The molecule has 0 aliphatic carbocycles.